The van der Waals surface area contributed by atoms with Gasteiger partial charge in [-0.3, -0.25) is 14.6 Å². The van der Waals surface area contributed by atoms with Gasteiger partial charge in [0, 0.05) is 37.1 Å². The zero-order valence-corrected chi connectivity index (χ0v) is 14.9. The SMILES string of the molecule is O=C(NC1CCN(C(=O)c2ccc3c(c2)OCCO3)CC1)c1cccnc1. The Hall–Kier alpha value is -3.09. The van der Waals surface area contributed by atoms with Gasteiger partial charge in [-0.2, -0.15) is 0 Å². The van der Waals surface area contributed by atoms with E-state index in [4.69, 9.17) is 9.47 Å². The Balaban J connectivity index is 1.33. The maximum absolute atomic E-state index is 12.8. The fourth-order valence-electron chi connectivity index (χ4n) is 3.35. The minimum Gasteiger partial charge on any atom is -0.486 e. The lowest BCUT2D eigenvalue weighted by Crippen LogP contribution is -2.46. The van der Waals surface area contributed by atoms with Crippen LogP contribution >= 0.6 is 0 Å². The normalized spacial score (nSPS) is 16.7. The van der Waals surface area contributed by atoms with Gasteiger partial charge in [0.25, 0.3) is 11.8 Å². The number of piperidine rings is 1. The number of pyridine rings is 1. The van der Waals surface area contributed by atoms with Gasteiger partial charge in [0.2, 0.25) is 0 Å². The summed E-state index contributed by atoms with van der Waals surface area (Å²) >= 11 is 0. The summed E-state index contributed by atoms with van der Waals surface area (Å²) < 4.78 is 11.1. The van der Waals surface area contributed by atoms with Crippen molar-refractivity contribution in [2.24, 2.45) is 0 Å². The number of amides is 2. The first-order chi connectivity index (χ1) is 13.2. The number of likely N-dealkylation sites (tertiary alicyclic amines) is 1. The third-order valence-corrected chi connectivity index (χ3v) is 4.83. The Labute approximate surface area is 157 Å². The highest BCUT2D eigenvalue weighted by molar-refractivity contribution is 5.95. The van der Waals surface area contributed by atoms with Crippen LogP contribution in [0.1, 0.15) is 33.6 Å². The average Bonchev–Trinajstić information content (AvgIpc) is 2.74. The number of nitrogens with zero attached hydrogens (tertiary/aromatic N) is 2. The molecule has 27 heavy (non-hydrogen) atoms. The lowest BCUT2D eigenvalue weighted by molar-refractivity contribution is 0.0697. The molecule has 0 radical (unpaired) electrons. The molecule has 1 N–H and O–H groups in total. The van der Waals surface area contributed by atoms with Gasteiger partial charge >= 0.3 is 0 Å². The number of ether oxygens (including phenoxy) is 2. The zero-order valence-electron chi connectivity index (χ0n) is 14.9. The van der Waals surface area contributed by atoms with Crippen molar-refractivity contribution in [3.63, 3.8) is 0 Å². The smallest absolute Gasteiger partial charge is 0.253 e. The number of nitrogens with one attached hydrogen (secondary N) is 1. The molecule has 0 spiro atoms. The predicted molar refractivity (Wildman–Crippen MR) is 98.1 cm³/mol. The molecule has 0 bridgehead atoms. The van der Waals surface area contributed by atoms with Crippen LogP contribution in [0.4, 0.5) is 0 Å². The van der Waals surface area contributed by atoms with Gasteiger partial charge in [-0.25, -0.2) is 0 Å². The second-order valence-corrected chi connectivity index (χ2v) is 6.64. The summed E-state index contributed by atoms with van der Waals surface area (Å²) in [6.07, 6.45) is 4.64. The number of carbonyl (C=O) groups is 2. The number of benzene rings is 1. The summed E-state index contributed by atoms with van der Waals surface area (Å²) in [7, 11) is 0. The molecule has 7 nitrogen and oxygen atoms in total. The van der Waals surface area contributed by atoms with E-state index >= 15 is 0 Å². The number of hydrogen-bond acceptors (Lipinski definition) is 5. The number of aromatic nitrogens is 1. The zero-order chi connectivity index (χ0) is 18.6. The average molecular weight is 367 g/mol. The van der Waals surface area contributed by atoms with E-state index in [9.17, 15) is 9.59 Å². The molecule has 3 heterocycles. The van der Waals surface area contributed by atoms with Crippen LogP contribution in [0.15, 0.2) is 42.7 Å². The Morgan fingerprint density at radius 1 is 1.04 bits per heavy atom. The Morgan fingerprint density at radius 3 is 2.56 bits per heavy atom. The second-order valence-electron chi connectivity index (χ2n) is 6.64. The maximum atomic E-state index is 12.8. The second kappa shape index (κ2) is 7.65. The van der Waals surface area contributed by atoms with Crippen molar-refractivity contribution < 1.29 is 19.1 Å². The summed E-state index contributed by atoms with van der Waals surface area (Å²) in [6, 6.07) is 8.83. The first-order valence-electron chi connectivity index (χ1n) is 9.10. The van der Waals surface area contributed by atoms with Crippen LogP contribution in [0.25, 0.3) is 0 Å². The molecule has 4 rings (SSSR count). The first-order valence-corrected chi connectivity index (χ1v) is 9.10. The Morgan fingerprint density at radius 2 is 1.81 bits per heavy atom. The van der Waals surface area contributed by atoms with Crippen molar-refractivity contribution in [1.29, 1.82) is 0 Å². The van der Waals surface area contributed by atoms with E-state index < -0.39 is 0 Å². The van der Waals surface area contributed by atoms with Crippen molar-refractivity contribution in [2.75, 3.05) is 26.3 Å². The highest BCUT2D eigenvalue weighted by Crippen LogP contribution is 2.31. The van der Waals surface area contributed by atoms with Crippen molar-refractivity contribution in [3.8, 4) is 11.5 Å². The van der Waals surface area contributed by atoms with Crippen LogP contribution < -0.4 is 14.8 Å². The standard InChI is InChI=1S/C20H21N3O4/c24-19(15-2-1-7-21-13-15)22-16-5-8-23(9-6-16)20(25)14-3-4-17-18(12-14)27-11-10-26-17/h1-4,7,12-13,16H,5-6,8-11H2,(H,22,24). The van der Waals surface area contributed by atoms with Crippen molar-refractivity contribution >= 4 is 11.8 Å². The van der Waals surface area contributed by atoms with Crippen LogP contribution in [0.5, 0.6) is 11.5 Å². The fourth-order valence-corrected chi connectivity index (χ4v) is 3.35. The molecule has 0 unspecified atom stereocenters. The van der Waals surface area contributed by atoms with Crippen LogP contribution in [0.2, 0.25) is 0 Å². The molecule has 140 valence electrons. The van der Waals surface area contributed by atoms with Gasteiger partial charge in [0.1, 0.15) is 13.2 Å². The Kier molecular flexibility index (Phi) is 4.91. The third kappa shape index (κ3) is 3.86. The lowest BCUT2D eigenvalue weighted by atomic mass is 10.0. The number of hydrogen-bond donors (Lipinski definition) is 1. The van der Waals surface area contributed by atoms with Gasteiger partial charge in [-0.05, 0) is 43.2 Å². The molecule has 2 aliphatic rings. The molecule has 2 aromatic rings. The lowest BCUT2D eigenvalue weighted by Gasteiger charge is -2.32. The minimum atomic E-state index is -0.125. The molecule has 1 aromatic heterocycles. The molecular formula is C20H21N3O4. The van der Waals surface area contributed by atoms with Gasteiger partial charge in [0.05, 0.1) is 5.56 Å². The summed E-state index contributed by atoms with van der Waals surface area (Å²) in [5, 5.41) is 3.02. The number of fused-ring (bicyclic) bond motifs is 1. The van der Waals surface area contributed by atoms with Gasteiger partial charge in [-0.15, -0.1) is 0 Å². The minimum absolute atomic E-state index is 0.0241. The highest BCUT2D eigenvalue weighted by atomic mass is 16.6. The summed E-state index contributed by atoms with van der Waals surface area (Å²) in [5.74, 6) is 1.14. The van der Waals surface area contributed by atoms with Crippen LogP contribution in [0.3, 0.4) is 0 Å². The van der Waals surface area contributed by atoms with Crippen LogP contribution in [0, 0.1) is 0 Å². The van der Waals surface area contributed by atoms with E-state index in [1.807, 2.05) is 4.90 Å². The van der Waals surface area contributed by atoms with E-state index in [-0.39, 0.29) is 17.9 Å². The molecule has 1 aromatic carbocycles. The fraction of sp³-hybridized carbons (Fsp3) is 0.350. The molecule has 0 atom stereocenters. The van der Waals surface area contributed by atoms with E-state index in [2.05, 4.69) is 10.3 Å². The highest BCUT2D eigenvalue weighted by Gasteiger charge is 2.26. The molecule has 2 amide bonds. The molecule has 1 fully saturated rings. The third-order valence-electron chi connectivity index (χ3n) is 4.83. The predicted octanol–water partition coefficient (Wildman–Crippen LogP) is 1.89. The topological polar surface area (TPSA) is 80.8 Å². The molecule has 7 heteroatoms. The van der Waals surface area contributed by atoms with Crippen molar-refractivity contribution in [3.05, 3.63) is 53.9 Å². The monoisotopic (exact) mass is 367 g/mol. The van der Waals surface area contributed by atoms with Gasteiger partial charge in [0.15, 0.2) is 11.5 Å². The largest absolute Gasteiger partial charge is 0.486 e. The summed E-state index contributed by atoms with van der Waals surface area (Å²) in [5.41, 5.74) is 1.14. The molecule has 1 saturated heterocycles. The summed E-state index contributed by atoms with van der Waals surface area (Å²) in [4.78, 5) is 30.8. The van der Waals surface area contributed by atoms with Gasteiger partial charge < -0.3 is 19.7 Å². The quantitative estimate of drug-likeness (QED) is 0.896. The maximum Gasteiger partial charge on any atom is 0.253 e. The van der Waals surface area contributed by atoms with Gasteiger partial charge in [-0.1, -0.05) is 0 Å². The van der Waals surface area contributed by atoms with Crippen molar-refractivity contribution in [2.45, 2.75) is 18.9 Å². The van der Waals surface area contributed by atoms with E-state index in [0.29, 0.717) is 48.9 Å². The number of carbonyl (C=O) groups excluding carboxylic acids is 2. The molecule has 2 aliphatic heterocycles. The van der Waals surface area contributed by atoms with Crippen LogP contribution in [-0.4, -0.2) is 54.0 Å². The van der Waals surface area contributed by atoms with E-state index in [0.717, 1.165) is 12.8 Å². The molecule has 0 aliphatic carbocycles. The Bertz CT molecular complexity index is 832. The molecular weight excluding hydrogens is 346 g/mol. The van der Waals surface area contributed by atoms with E-state index in [1.54, 1.807) is 42.7 Å². The molecule has 0 saturated carbocycles. The van der Waals surface area contributed by atoms with Crippen molar-refractivity contribution in [1.82, 2.24) is 15.2 Å². The summed E-state index contributed by atoms with van der Waals surface area (Å²) in [6.45, 7) is 2.22. The van der Waals surface area contributed by atoms with Crippen LogP contribution in [-0.2, 0) is 0 Å². The van der Waals surface area contributed by atoms with E-state index in [1.165, 1.54) is 0 Å². The number of rotatable bonds is 3. The first kappa shape index (κ1) is 17.3.